The van der Waals surface area contributed by atoms with Crippen LogP contribution in [0.1, 0.15) is 23.0 Å². The lowest BCUT2D eigenvalue weighted by Crippen LogP contribution is -2.46. The molecule has 3 aromatic rings. The molecule has 28 heavy (non-hydrogen) atoms. The van der Waals surface area contributed by atoms with Crippen molar-refractivity contribution in [1.29, 1.82) is 0 Å². The highest BCUT2D eigenvalue weighted by Gasteiger charge is 2.18. The minimum atomic E-state index is 0.109. The molecule has 1 aromatic heterocycles. The van der Waals surface area contributed by atoms with Gasteiger partial charge in [0.05, 0.1) is 5.69 Å². The molecule has 1 fully saturated rings. The molecule has 0 aliphatic carbocycles. The number of piperazine rings is 1. The third-order valence-corrected chi connectivity index (χ3v) is 6.23. The van der Waals surface area contributed by atoms with Crippen LogP contribution in [0.25, 0.3) is 10.6 Å². The van der Waals surface area contributed by atoms with Crippen molar-refractivity contribution in [2.45, 2.75) is 13.5 Å². The smallest absolute Gasteiger partial charge is 0.159 e. The third kappa shape index (κ3) is 4.43. The number of carbonyl (C=O) groups excluding carboxylic acids is 1. The number of anilines is 1. The number of nitrogens with zero attached hydrogens (tertiary/aromatic N) is 3. The molecule has 1 aliphatic heterocycles. The van der Waals surface area contributed by atoms with Gasteiger partial charge in [0, 0.05) is 59.9 Å². The van der Waals surface area contributed by atoms with Crippen LogP contribution >= 0.6 is 22.9 Å². The fraction of sp³-hybridized carbons (Fsp3) is 0.273. The van der Waals surface area contributed by atoms with Gasteiger partial charge < -0.3 is 4.90 Å². The molecule has 0 amide bonds. The number of hydrogen-bond donors (Lipinski definition) is 0. The second kappa shape index (κ2) is 8.43. The quantitative estimate of drug-likeness (QED) is 0.554. The van der Waals surface area contributed by atoms with Gasteiger partial charge in [-0.1, -0.05) is 23.7 Å². The molecule has 144 valence electrons. The van der Waals surface area contributed by atoms with E-state index in [1.165, 1.54) is 5.69 Å². The first-order valence-corrected chi connectivity index (χ1v) is 10.6. The van der Waals surface area contributed by atoms with Crippen LogP contribution in [-0.2, 0) is 6.54 Å². The summed E-state index contributed by atoms with van der Waals surface area (Å²) in [6.07, 6.45) is 0. The number of halogens is 1. The summed E-state index contributed by atoms with van der Waals surface area (Å²) in [5, 5.41) is 3.93. The number of ketones is 1. The predicted molar refractivity (Wildman–Crippen MR) is 116 cm³/mol. The van der Waals surface area contributed by atoms with Gasteiger partial charge in [-0.05, 0) is 43.3 Å². The molecule has 0 N–H and O–H groups in total. The summed E-state index contributed by atoms with van der Waals surface area (Å²) < 4.78 is 0. The number of carbonyl (C=O) groups is 1. The molecule has 0 atom stereocenters. The van der Waals surface area contributed by atoms with Crippen molar-refractivity contribution in [3.8, 4) is 10.6 Å². The van der Waals surface area contributed by atoms with Crippen molar-refractivity contribution in [3.63, 3.8) is 0 Å². The van der Waals surface area contributed by atoms with E-state index < -0.39 is 0 Å². The van der Waals surface area contributed by atoms with E-state index in [4.69, 9.17) is 16.6 Å². The lowest BCUT2D eigenvalue weighted by atomic mass is 10.1. The van der Waals surface area contributed by atoms with E-state index in [2.05, 4.69) is 15.2 Å². The largest absolute Gasteiger partial charge is 0.369 e. The molecule has 0 spiro atoms. The molecule has 0 saturated carbocycles. The Bertz CT molecular complexity index is 945. The van der Waals surface area contributed by atoms with Gasteiger partial charge in [0.1, 0.15) is 5.01 Å². The zero-order valence-corrected chi connectivity index (χ0v) is 17.3. The average Bonchev–Trinajstić information content (AvgIpc) is 3.18. The third-order valence-electron chi connectivity index (χ3n) is 5.04. The van der Waals surface area contributed by atoms with Crippen LogP contribution in [0.4, 0.5) is 5.69 Å². The van der Waals surface area contributed by atoms with Crippen molar-refractivity contribution in [2.75, 3.05) is 31.1 Å². The van der Waals surface area contributed by atoms with Gasteiger partial charge in [-0.25, -0.2) is 4.98 Å². The van der Waals surface area contributed by atoms with Crippen LogP contribution in [0.15, 0.2) is 53.9 Å². The Morgan fingerprint density at radius 3 is 2.36 bits per heavy atom. The van der Waals surface area contributed by atoms with Gasteiger partial charge in [-0.2, -0.15) is 0 Å². The van der Waals surface area contributed by atoms with Gasteiger partial charge in [-0.3, -0.25) is 9.69 Å². The lowest BCUT2D eigenvalue weighted by molar-refractivity contribution is 0.101. The maximum atomic E-state index is 11.4. The van der Waals surface area contributed by atoms with Crippen molar-refractivity contribution in [1.82, 2.24) is 9.88 Å². The van der Waals surface area contributed by atoms with Gasteiger partial charge in [-0.15, -0.1) is 11.3 Å². The summed E-state index contributed by atoms with van der Waals surface area (Å²) in [6.45, 7) is 6.44. The molecular formula is C22H22ClN3OS. The highest BCUT2D eigenvalue weighted by atomic mass is 35.5. The van der Waals surface area contributed by atoms with E-state index >= 15 is 0 Å². The normalized spacial score (nSPS) is 15.0. The van der Waals surface area contributed by atoms with Gasteiger partial charge >= 0.3 is 0 Å². The van der Waals surface area contributed by atoms with Crippen LogP contribution in [0.2, 0.25) is 5.02 Å². The Kier molecular flexibility index (Phi) is 5.76. The molecule has 4 rings (SSSR count). The summed E-state index contributed by atoms with van der Waals surface area (Å²) in [5.74, 6) is 0.109. The second-order valence-electron chi connectivity index (χ2n) is 7.02. The summed E-state index contributed by atoms with van der Waals surface area (Å²) in [6, 6.07) is 15.8. The molecule has 1 aliphatic rings. The van der Waals surface area contributed by atoms with Gasteiger partial charge in [0.25, 0.3) is 0 Å². The van der Waals surface area contributed by atoms with Crippen molar-refractivity contribution >= 4 is 34.4 Å². The number of aromatic nitrogens is 1. The molecule has 0 radical (unpaired) electrons. The number of hydrogen-bond acceptors (Lipinski definition) is 5. The summed E-state index contributed by atoms with van der Waals surface area (Å²) >= 11 is 7.65. The highest BCUT2D eigenvalue weighted by Crippen LogP contribution is 2.26. The van der Waals surface area contributed by atoms with Crippen molar-refractivity contribution in [2.24, 2.45) is 0 Å². The maximum absolute atomic E-state index is 11.4. The van der Waals surface area contributed by atoms with E-state index in [1.54, 1.807) is 18.3 Å². The maximum Gasteiger partial charge on any atom is 0.159 e. The zero-order chi connectivity index (χ0) is 19.5. The Balaban J connectivity index is 1.33. The van der Waals surface area contributed by atoms with Crippen LogP contribution in [0, 0.1) is 0 Å². The Hall–Kier alpha value is -2.21. The number of benzene rings is 2. The van der Waals surface area contributed by atoms with Crippen LogP contribution in [-0.4, -0.2) is 41.8 Å². The molecule has 2 heterocycles. The first kappa shape index (κ1) is 19.1. The number of rotatable bonds is 5. The molecule has 0 unspecified atom stereocenters. The van der Waals surface area contributed by atoms with E-state index in [1.807, 2.05) is 48.5 Å². The number of thiazole rings is 1. The van der Waals surface area contributed by atoms with Crippen LogP contribution in [0.5, 0.6) is 0 Å². The lowest BCUT2D eigenvalue weighted by Gasteiger charge is -2.35. The molecule has 0 bridgehead atoms. The topological polar surface area (TPSA) is 36.4 Å². The van der Waals surface area contributed by atoms with E-state index in [-0.39, 0.29) is 5.78 Å². The van der Waals surface area contributed by atoms with E-state index in [0.717, 1.165) is 59.6 Å². The molecule has 6 heteroatoms. The van der Waals surface area contributed by atoms with Gasteiger partial charge in [0.2, 0.25) is 0 Å². The van der Waals surface area contributed by atoms with Gasteiger partial charge in [0.15, 0.2) is 5.78 Å². The molecule has 4 nitrogen and oxygen atoms in total. The predicted octanol–water partition coefficient (Wildman–Crippen LogP) is 4.99. The van der Waals surface area contributed by atoms with E-state index in [9.17, 15) is 4.79 Å². The molecular weight excluding hydrogens is 390 g/mol. The van der Waals surface area contributed by atoms with Crippen molar-refractivity contribution in [3.05, 3.63) is 70.2 Å². The number of Topliss-reactive ketones (excluding diaryl/α,β-unsaturated/α-hetero) is 1. The fourth-order valence-electron chi connectivity index (χ4n) is 3.40. The Morgan fingerprint density at radius 2 is 1.71 bits per heavy atom. The highest BCUT2D eigenvalue weighted by molar-refractivity contribution is 7.13. The van der Waals surface area contributed by atoms with Crippen molar-refractivity contribution < 1.29 is 4.79 Å². The Labute approximate surface area is 174 Å². The summed E-state index contributed by atoms with van der Waals surface area (Å²) in [4.78, 5) is 21.0. The van der Waals surface area contributed by atoms with Crippen LogP contribution < -0.4 is 4.90 Å². The Morgan fingerprint density at radius 1 is 1.04 bits per heavy atom. The summed E-state index contributed by atoms with van der Waals surface area (Å²) in [7, 11) is 0. The standard InChI is InChI=1S/C22H22ClN3OS/c1-16(27)17-4-8-21(9-5-17)26-12-10-25(11-13-26)14-20-15-28-22(24-20)18-2-6-19(23)7-3-18/h2-9,15H,10-14H2,1H3. The first-order chi connectivity index (χ1) is 13.6. The van der Waals surface area contributed by atoms with Crippen LogP contribution in [0.3, 0.4) is 0 Å². The molecule has 1 saturated heterocycles. The first-order valence-electron chi connectivity index (χ1n) is 9.37. The average molecular weight is 412 g/mol. The van der Waals surface area contributed by atoms with E-state index in [0.29, 0.717) is 0 Å². The monoisotopic (exact) mass is 411 g/mol. The zero-order valence-electron chi connectivity index (χ0n) is 15.8. The summed E-state index contributed by atoms with van der Waals surface area (Å²) in [5.41, 5.74) is 4.18. The fourth-order valence-corrected chi connectivity index (χ4v) is 4.35. The molecule has 2 aromatic carbocycles. The minimum absolute atomic E-state index is 0.109. The SMILES string of the molecule is CC(=O)c1ccc(N2CCN(Cc3csc(-c4ccc(Cl)cc4)n3)CC2)cc1. The second-order valence-corrected chi connectivity index (χ2v) is 8.31. The minimum Gasteiger partial charge on any atom is -0.369 e.